The predicted octanol–water partition coefficient (Wildman–Crippen LogP) is 5.53. The van der Waals surface area contributed by atoms with Gasteiger partial charge in [0.1, 0.15) is 0 Å². The number of anilines is 1. The lowest BCUT2D eigenvalue weighted by atomic mass is 10.1. The Morgan fingerprint density at radius 1 is 1.24 bits per heavy atom. The molecule has 0 aliphatic rings. The number of rotatable bonds is 7. The second kappa shape index (κ2) is 7.97. The molecule has 1 aromatic heterocycles. The van der Waals surface area contributed by atoms with E-state index in [-0.39, 0.29) is 0 Å². The highest BCUT2D eigenvalue weighted by atomic mass is 79.9. The number of benzene rings is 1. The summed E-state index contributed by atoms with van der Waals surface area (Å²) in [6, 6.07) is 11.1. The van der Waals surface area contributed by atoms with E-state index in [1.54, 1.807) is 11.3 Å². The lowest BCUT2D eigenvalue weighted by Gasteiger charge is -2.22. The van der Waals surface area contributed by atoms with Crippen molar-refractivity contribution in [2.45, 2.75) is 33.4 Å². The first-order valence-corrected chi connectivity index (χ1v) is 9.12. The van der Waals surface area contributed by atoms with Crippen LogP contribution in [-0.4, -0.2) is 18.0 Å². The largest absolute Gasteiger partial charge is 0.377 e. The molecule has 1 heterocycles. The van der Waals surface area contributed by atoms with E-state index < -0.39 is 0 Å². The molecule has 0 spiro atoms. The molecule has 0 amide bonds. The molecular formula is C17H23BrN2S. The average molecular weight is 367 g/mol. The molecule has 4 heteroatoms. The van der Waals surface area contributed by atoms with E-state index in [0.717, 1.165) is 24.1 Å². The van der Waals surface area contributed by atoms with Crippen LogP contribution in [0.1, 0.15) is 37.3 Å². The highest BCUT2D eigenvalue weighted by Crippen LogP contribution is 2.29. The average Bonchev–Trinajstić information content (AvgIpc) is 2.93. The van der Waals surface area contributed by atoms with Gasteiger partial charge in [-0.1, -0.05) is 32.0 Å². The molecule has 0 saturated carbocycles. The van der Waals surface area contributed by atoms with Gasteiger partial charge in [-0.25, -0.2) is 0 Å². The summed E-state index contributed by atoms with van der Waals surface area (Å²) in [6.07, 6.45) is 0. The van der Waals surface area contributed by atoms with Crippen molar-refractivity contribution < 1.29 is 0 Å². The third-order valence-corrected chi connectivity index (χ3v) is 5.57. The fourth-order valence-corrected chi connectivity index (χ4v) is 3.80. The molecule has 1 atom stereocenters. The Kier molecular flexibility index (Phi) is 6.27. The van der Waals surface area contributed by atoms with Crippen molar-refractivity contribution in [1.29, 1.82) is 0 Å². The zero-order valence-corrected chi connectivity index (χ0v) is 15.3. The Labute approximate surface area is 140 Å². The first-order valence-electron chi connectivity index (χ1n) is 7.44. The van der Waals surface area contributed by atoms with Crippen LogP contribution in [0.2, 0.25) is 0 Å². The summed E-state index contributed by atoms with van der Waals surface area (Å²) >= 11 is 5.31. The minimum absolute atomic E-state index is 0.319. The highest BCUT2D eigenvalue weighted by molar-refractivity contribution is 9.10. The van der Waals surface area contributed by atoms with Gasteiger partial charge < -0.3 is 5.32 Å². The number of para-hydroxylation sites is 1. The number of nitrogens with zero attached hydrogens (tertiary/aromatic N) is 1. The molecule has 114 valence electrons. The van der Waals surface area contributed by atoms with Gasteiger partial charge in [0.2, 0.25) is 0 Å². The van der Waals surface area contributed by atoms with Gasteiger partial charge in [0.05, 0.1) is 6.04 Å². The smallest absolute Gasteiger partial charge is 0.0578 e. The third-order valence-electron chi connectivity index (χ3n) is 3.69. The van der Waals surface area contributed by atoms with Gasteiger partial charge in [-0.2, -0.15) is 0 Å². The van der Waals surface area contributed by atoms with Crippen LogP contribution in [0.15, 0.2) is 40.2 Å². The van der Waals surface area contributed by atoms with E-state index in [0.29, 0.717) is 6.04 Å². The SMILES string of the molecule is CCN(CC)Cc1ccccc1NC(C)c1cc(Br)cs1. The van der Waals surface area contributed by atoms with Crippen molar-refractivity contribution in [2.75, 3.05) is 18.4 Å². The van der Waals surface area contributed by atoms with E-state index in [1.165, 1.54) is 16.1 Å². The predicted molar refractivity (Wildman–Crippen MR) is 97.1 cm³/mol. The van der Waals surface area contributed by atoms with Crippen LogP contribution in [-0.2, 0) is 6.54 Å². The van der Waals surface area contributed by atoms with E-state index in [2.05, 4.69) is 82.6 Å². The maximum absolute atomic E-state index is 3.66. The molecule has 1 unspecified atom stereocenters. The number of hydrogen-bond donors (Lipinski definition) is 1. The monoisotopic (exact) mass is 366 g/mol. The van der Waals surface area contributed by atoms with Crippen molar-refractivity contribution in [3.8, 4) is 0 Å². The zero-order chi connectivity index (χ0) is 15.2. The Balaban J connectivity index is 2.12. The van der Waals surface area contributed by atoms with Gasteiger partial charge in [-0.3, -0.25) is 4.90 Å². The number of thiophene rings is 1. The van der Waals surface area contributed by atoms with Gasteiger partial charge in [-0.05, 0) is 53.6 Å². The lowest BCUT2D eigenvalue weighted by Crippen LogP contribution is -2.23. The van der Waals surface area contributed by atoms with Crippen LogP contribution in [0.3, 0.4) is 0 Å². The van der Waals surface area contributed by atoms with Gasteiger partial charge >= 0.3 is 0 Å². The number of hydrogen-bond acceptors (Lipinski definition) is 3. The second-order valence-corrected chi connectivity index (χ2v) is 7.01. The highest BCUT2D eigenvalue weighted by Gasteiger charge is 2.11. The van der Waals surface area contributed by atoms with Gasteiger partial charge in [0.15, 0.2) is 0 Å². The molecule has 0 radical (unpaired) electrons. The molecule has 21 heavy (non-hydrogen) atoms. The molecule has 0 fully saturated rings. The first kappa shape index (κ1) is 16.5. The quantitative estimate of drug-likeness (QED) is 0.693. The molecule has 0 bridgehead atoms. The second-order valence-electron chi connectivity index (χ2n) is 5.15. The Hall–Kier alpha value is -0.840. The molecule has 2 rings (SSSR count). The van der Waals surface area contributed by atoms with Crippen molar-refractivity contribution >= 4 is 33.0 Å². The Morgan fingerprint density at radius 3 is 2.57 bits per heavy atom. The molecule has 2 nitrogen and oxygen atoms in total. The fraction of sp³-hybridized carbons (Fsp3) is 0.412. The molecule has 0 saturated heterocycles. The minimum atomic E-state index is 0.319. The summed E-state index contributed by atoms with van der Waals surface area (Å²) in [7, 11) is 0. The zero-order valence-electron chi connectivity index (χ0n) is 12.9. The maximum Gasteiger partial charge on any atom is 0.0578 e. The van der Waals surface area contributed by atoms with Crippen molar-refractivity contribution in [2.24, 2.45) is 0 Å². The van der Waals surface area contributed by atoms with Crippen LogP contribution in [0.4, 0.5) is 5.69 Å². The van der Waals surface area contributed by atoms with Crippen LogP contribution in [0.25, 0.3) is 0 Å². The fourth-order valence-electron chi connectivity index (χ4n) is 2.35. The number of halogens is 1. The van der Waals surface area contributed by atoms with Gasteiger partial charge in [0, 0.05) is 27.0 Å². The van der Waals surface area contributed by atoms with Crippen molar-refractivity contribution in [3.63, 3.8) is 0 Å². The van der Waals surface area contributed by atoms with Crippen LogP contribution in [0.5, 0.6) is 0 Å². The van der Waals surface area contributed by atoms with Gasteiger partial charge in [0.25, 0.3) is 0 Å². The summed E-state index contributed by atoms with van der Waals surface area (Å²) < 4.78 is 1.16. The summed E-state index contributed by atoms with van der Waals surface area (Å²) in [6.45, 7) is 9.80. The standard InChI is InChI=1S/C17H23BrN2S/c1-4-20(5-2)11-14-8-6-7-9-16(14)19-13(3)17-10-15(18)12-21-17/h6-10,12-13,19H,4-5,11H2,1-3H3. The van der Waals surface area contributed by atoms with Crippen molar-refractivity contribution in [3.05, 3.63) is 50.6 Å². The first-order chi connectivity index (χ1) is 10.1. The minimum Gasteiger partial charge on any atom is -0.377 e. The molecular weight excluding hydrogens is 344 g/mol. The van der Waals surface area contributed by atoms with E-state index in [4.69, 9.17) is 0 Å². The molecule has 0 aliphatic heterocycles. The van der Waals surface area contributed by atoms with Crippen LogP contribution >= 0.6 is 27.3 Å². The summed E-state index contributed by atoms with van der Waals surface area (Å²) in [5, 5.41) is 5.79. The normalized spacial score (nSPS) is 12.6. The molecule has 1 aromatic carbocycles. The molecule has 0 aliphatic carbocycles. The Morgan fingerprint density at radius 2 is 1.95 bits per heavy atom. The van der Waals surface area contributed by atoms with E-state index in [1.807, 2.05) is 0 Å². The summed E-state index contributed by atoms with van der Waals surface area (Å²) in [5.41, 5.74) is 2.60. The van der Waals surface area contributed by atoms with Crippen molar-refractivity contribution in [1.82, 2.24) is 4.90 Å². The lowest BCUT2D eigenvalue weighted by molar-refractivity contribution is 0.296. The topological polar surface area (TPSA) is 15.3 Å². The summed E-state index contributed by atoms with van der Waals surface area (Å²) in [4.78, 5) is 3.78. The number of nitrogens with one attached hydrogen (secondary N) is 1. The summed E-state index contributed by atoms with van der Waals surface area (Å²) in [5.74, 6) is 0. The maximum atomic E-state index is 3.66. The van der Waals surface area contributed by atoms with Crippen LogP contribution < -0.4 is 5.32 Å². The van der Waals surface area contributed by atoms with E-state index >= 15 is 0 Å². The molecule has 2 aromatic rings. The third kappa shape index (κ3) is 4.56. The van der Waals surface area contributed by atoms with Crippen LogP contribution in [0, 0.1) is 0 Å². The van der Waals surface area contributed by atoms with E-state index in [9.17, 15) is 0 Å². The molecule has 1 N–H and O–H groups in total. The Bertz CT molecular complexity index is 563. The van der Waals surface area contributed by atoms with Gasteiger partial charge in [-0.15, -0.1) is 11.3 Å².